The molecule has 0 aromatic rings. The maximum atomic E-state index is 11.9. The lowest BCUT2D eigenvalue weighted by Gasteiger charge is -2.30. The molecule has 2 fully saturated rings. The van der Waals surface area contributed by atoms with Gasteiger partial charge in [0.05, 0.1) is 6.04 Å². The minimum absolute atomic E-state index is 0.0428. The van der Waals surface area contributed by atoms with Crippen molar-refractivity contribution in [3.05, 3.63) is 0 Å². The van der Waals surface area contributed by atoms with Crippen molar-refractivity contribution >= 4 is 5.91 Å². The van der Waals surface area contributed by atoms with Crippen molar-refractivity contribution in [1.29, 1.82) is 0 Å². The maximum absolute atomic E-state index is 11.9. The van der Waals surface area contributed by atoms with Crippen LogP contribution in [-0.2, 0) is 4.79 Å². The van der Waals surface area contributed by atoms with Gasteiger partial charge in [-0.25, -0.2) is 0 Å². The van der Waals surface area contributed by atoms with Gasteiger partial charge in [-0.05, 0) is 45.1 Å². The smallest absolute Gasteiger partial charge is 0.237 e. The molecule has 1 aliphatic carbocycles. The van der Waals surface area contributed by atoms with Crippen molar-refractivity contribution in [3.8, 4) is 0 Å². The third kappa shape index (κ3) is 2.08. The zero-order valence-corrected chi connectivity index (χ0v) is 9.10. The molecule has 2 rings (SSSR count). The molecule has 1 heterocycles. The SMILES string of the molecule is CC1CCCNC1C(=O)NC1(C)CC1. The number of hydrogen-bond donors (Lipinski definition) is 2. The molecule has 3 nitrogen and oxygen atoms in total. The first-order valence-corrected chi connectivity index (χ1v) is 5.66. The molecule has 1 saturated heterocycles. The van der Waals surface area contributed by atoms with Crippen LogP contribution in [0.3, 0.4) is 0 Å². The Morgan fingerprint density at radius 2 is 2.21 bits per heavy atom. The standard InChI is InChI=1S/C11H20N2O/c1-8-4-3-7-12-9(8)10(14)13-11(2)5-6-11/h8-9,12H,3-7H2,1-2H3,(H,13,14). The number of hydrogen-bond acceptors (Lipinski definition) is 2. The molecule has 3 heteroatoms. The summed E-state index contributed by atoms with van der Waals surface area (Å²) in [6, 6.07) is 0.0428. The van der Waals surface area contributed by atoms with E-state index in [0.29, 0.717) is 5.92 Å². The summed E-state index contributed by atoms with van der Waals surface area (Å²) in [5.74, 6) is 0.684. The van der Waals surface area contributed by atoms with E-state index >= 15 is 0 Å². The third-order valence-corrected chi connectivity index (χ3v) is 3.48. The summed E-state index contributed by atoms with van der Waals surface area (Å²) in [6.45, 7) is 5.27. The van der Waals surface area contributed by atoms with Gasteiger partial charge in [-0.2, -0.15) is 0 Å². The molecule has 0 bridgehead atoms. The quantitative estimate of drug-likeness (QED) is 0.693. The molecular weight excluding hydrogens is 176 g/mol. The van der Waals surface area contributed by atoms with Crippen molar-refractivity contribution in [2.45, 2.75) is 51.1 Å². The highest BCUT2D eigenvalue weighted by Gasteiger charge is 2.41. The zero-order valence-electron chi connectivity index (χ0n) is 9.10. The number of nitrogens with one attached hydrogen (secondary N) is 2. The van der Waals surface area contributed by atoms with E-state index < -0.39 is 0 Å². The summed E-state index contributed by atoms with van der Waals surface area (Å²) in [6.07, 6.45) is 4.64. The monoisotopic (exact) mass is 196 g/mol. The third-order valence-electron chi connectivity index (χ3n) is 3.48. The summed E-state index contributed by atoms with van der Waals surface area (Å²) < 4.78 is 0. The second kappa shape index (κ2) is 3.54. The fourth-order valence-electron chi connectivity index (χ4n) is 2.09. The summed E-state index contributed by atoms with van der Waals surface area (Å²) in [5, 5.41) is 6.44. The molecule has 2 unspecified atom stereocenters. The predicted octanol–water partition coefficient (Wildman–Crippen LogP) is 1.04. The Hall–Kier alpha value is -0.570. The van der Waals surface area contributed by atoms with Gasteiger partial charge in [-0.3, -0.25) is 4.79 Å². The lowest BCUT2D eigenvalue weighted by atomic mass is 9.92. The Morgan fingerprint density at radius 1 is 1.50 bits per heavy atom. The molecule has 0 aromatic heterocycles. The minimum Gasteiger partial charge on any atom is -0.350 e. The van der Waals surface area contributed by atoms with Crippen LogP contribution < -0.4 is 10.6 Å². The zero-order chi connectivity index (χ0) is 10.2. The van der Waals surface area contributed by atoms with Gasteiger partial charge in [0.25, 0.3) is 0 Å². The first-order chi connectivity index (χ1) is 6.61. The Morgan fingerprint density at radius 3 is 2.79 bits per heavy atom. The van der Waals surface area contributed by atoms with Crippen molar-refractivity contribution < 1.29 is 4.79 Å². The number of amides is 1. The van der Waals surface area contributed by atoms with Gasteiger partial charge in [-0.1, -0.05) is 6.92 Å². The molecule has 1 amide bonds. The van der Waals surface area contributed by atoms with E-state index in [9.17, 15) is 4.79 Å². The van der Waals surface area contributed by atoms with Gasteiger partial charge in [0.2, 0.25) is 5.91 Å². The van der Waals surface area contributed by atoms with Crippen LogP contribution >= 0.6 is 0 Å². The molecule has 0 aromatic carbocycles. The summed E-state index contributed by atoms with van der Waals surface area (Å²) in [7, 11) is 0. The van der Waals surface area contributed by atoms with E-state index in [2.05, 4.69) is 24.5 Å². The second-order valence-electron chi connectivity index (χ2n) is 5.10. The van der Waals surface area contributed by atoms with Crippen LogP contribution in [0.2, 0.25) is 0 Å². The van der Waals surface area contributed by atoms with E-state index in [0.717, 1.165) is 19.4 Å². The molecule has 2 atom stereocenters. The fraction of sp³-hybridized carbons (Fsp3) is 0.909. The van der Waals surface area contributed by atoms with E-state index in [-0.39, 0.29) is 17.5 Å². The van der Waals surface area contributed by atoms with Crippen LogP contribution in [0, 0.1) is 5.92 Å². The first kappa shape index (κ1) is 9.97. The van der Waals surface area contributed by atoms with Crippen LogP contribution in [0.4, 0.5) is 0 Å². The average molecular weight is 196 g/mol. The van der Waals surface area contributed by atoms with E-state index in [1.807, 2.05) is 0 Å². The van der Waals surface area contributed by atoms with E-state index in [1.165, 1.54) is 12.8 Å². The molecule has 14 heavy (non-hydrogen) atoms. The second-order valence-corrected chi connectivity index (χ2v) is 5.10. The van der Waals surface area contributed by atoms with E-state index in [1.54, 1.807) is 0 Å². The highest BCUT2D eigenvalue weighted by molar-refractivity contribution is 5.83. The van der Waals surface area contributed by atoms with Crippen LogP contribution in [-0.4, -0.2) is 24.0 Å². The predicted molar refractivity (Wildman–Crippen MR) is 56.0 cm³/mol. The summed E-state index contributed by atoms with van der Waals surface area (Å²) in [4.78, 5) is 11.9. The van der Waals surface area contributed by atoms with Gasteiger partial charge in [0.1, 0.15) is 0 Å². The number of rotatable bonds is 2. The van der Waals surface area contributed by atoms with Gasteiger partial charge in [0.15, 0.2) is 0 Å². The van der Waals surface area contributed by atoms with Crippen LogP contribution in [0.25, 0.3) is 0 Å². The molecule has 0 spiro atoms. The molecule has 2 aliphatic rings. The van der Waals surface area contributed by atoms with Crippen LogP contribution in [0.5, 0.6) is 0 Å². The summed E-state index contributed by atoms with van der Waals surface area (Å²) >= 11 is 0. The summed E-state index contributed by atoms with van der Waals surface area (Å²) in [5.41, 5.74) is 0.121. The first-order valence-electron chi connectivity index (χ1n) is 5.66. The van der Waals surface area contributed by atoms with Crippen LogP contribution in [0.15, 0.2) is 0 Å². The molecule has 0 radical (unpaired) electrons. The van der Waals surface area contributed by atoms with Gasteiger partial charge >= 0.3 is 0 Å². The van der Waals surface area contributed by atoms with Crippen molar-refractivity contribution in [3.63, 3.8) is 0 Å². The highest BCUT2D eigenvalue weighted by Crippen LogP contribution is 2.34. The lowest BCUT2D eigenvalue weighted by molar-refractivity contribution is -0.125. The molecule has 2 N–H and O–H groups in total. The number of carbonyl (C=O) groups excluding carboxylic acids is 1. The van der Waals surface area contributed by atoms with E-state index in [4.69, 9.17) is 0 Å². The highest BCUT2D eigenvalue weighted by atomic mass is 16.2. The number of piperidine rings is 1. The molecular formula is C11H20N2O. The molecule has 1 aliphatic heterocycles. The average Bonchev–Trinajstić information content (AvgIpc) is 2.84. The Balaban J connectivity index is 1.89. The van der Waals surface area contributed by atoms with Crippen LogP contribution in [0.1, 0.15) is 39.5 Å². The number of carbonyl (C=O) groups is 1. The minimum atomic E-state index is 0.0428. The normalized spacial score (nSPS) is 35.0. The Labute approximate surface area is 85.6 Å². The fourth-order valence-corrected chi connectivity index (χ4v) is 2.09. The Kier molecular flexibility index (Phi) is 2.52. The molecule has 80 valence electrons. The van der Waals surface area contributed by atoms with Crippen molar-refractivity contribution in [2.24, 2.45) is 5.92 Å². The largest absolute Gasteiger partial charge is 0.350 e. The van der Waals surface area contributed by atoms with Gasteiger partial charge < -0.3 is 10.6 Å². The Bertz CT molecular complexity index is 235. The lowest BCUT2D eigenvalue weighted by Crippen LogP contribution is -2.53. The van der Waals surface area contributed by atoms with Crippen molar-refractivity contribution in [2.75, 3.05) is 6.54 Å². The maximum Gasteiger partial charge on any atom is 0.237 e. The van der Waals surface area contributed by atoms with Gasteiger partial charge in [-0.15, -0.1) is 0 Å². The molecule has 1 saturated carbocycles. The van der Waals surface area contributed by atoms with Gasteiger partial charge in [0, 0.05) is 5.54 Å². The topological polar surface area (TPSA) is 41.1 Å². The van der Waals surface area contributed by atoms with Crippen molar-refractivity contribution in [1.82, 2.24) is 10.6 Å².